The van der Waals surface area contributed by atoms with Gasteiger partial charge in [-0.3, -0.25) is 14.9 Å². The lowest BCUT2D eigenvalue weighted by atomic mass is 9.99. The van der Waals surface area contributed by atoms with E-state index in [0.717, 1.165) is 47.7 Å². The molecule has 3 aromatic rings. The monoisotopic (exact) mass is 527 g/mol. The van der Waals surface area contributed by atoms with E-state index in [-0.39, 0.29) is 0 Å². The molecule has 9 nitrogen and oxygen atoms in total. The second-order valence-electron chi connectivity index (χ2n) is 8.98. The first-order valence-electron chi connectivity index (χ1n) is 12.0. The lowest BCUT2D eigenvalue weighted by Gasteiger charge is -2.34. The average Bonchev–Trinajstić information content (AvgIpc) is 3.61. The van der Waals surface area contributed by atoms with Crippen molar-refractivity contribution in [2.45, 2.75) is 24.3 Å². The van der Waals surface area contributed by atoms with Crippen molar-refractivity contribution in [2.75, 3.05) is 44.2 Å². The molecule has 0 radical (unpaired) electrons. The molecule has 36 heavy (non-hydrogen) atoms. The van der Waals surface area contributed by atoms with Crippen LogP contribution in [0.15, 0.2) is 59.6 Å². The summed E-state index contributed by atoms with van der Waals surface area (Å²) in [4.78, 5) is 20.9. The topological polar surface area (TPSA) is 106 Å². The fourth-order valence-corrected chi connectivity index (χ4v) is 7.33. The van der Waals surface area contributed by atoms with Crippen molar-refractivity contribution in [1.29, 1.82) is 0 Å². The van der Waals surface area contributed by atoms with Crippen molar-refractivity contribution in [3.63, 3.8) is 0 Å². The summed E-state index contributed by atoms with van der Waals surface area (Å²) in [6.07, 6.45) is 3.82. The smallest absolute Gasteiger partial charge is 0.286 e. The lowest BCUT2D eigenvalue weighted by molar-refractivity contribution is 0.0710. The minimum absolute atomic E-state index is 0.295. The highest BCUT2D eigenvalue weighted by molar-refractivity contribution is 7.89. The molecule has 190 valence electrons. The zero-order valence-corrected chi connectivity index (χ0v) is 21.5. The van der Waals surface area contributed by atoms with Gasteiger partial charge in [0.1, 0.15) is 4.88 Å². The number of aromatic nitrogens is 1. The maximum Gasteiger partial charge on any atom is 0.286 e. The largest absolute Gasteiger partial charge is 0.345 e. The van der Waals surface area contributed by atoms with E-state index in [9.17, 15) is 13.2 Å². The Bertz CT molecular complexity index is 1330. The standard InChI is InChI=1S/C25H29N5O4S2/c31-24(27-32)22-17-26-25(35-22)29-13-15-30(16-14-29)36(33,34)23-10-4-3-9-21(23)20-8-2-1-7-19(20)18-28-11-5-6-12-28/h1-4,7-10,17,32H,5-6,11-16,18H2,(H,27,31). The third-order valence-electron chi connectivity index (χ3n) is 6.73. The van der Waals surface area contributed by atoms with Crippen molar-refractivity contribution >= 4 is 32.4 Å². The molecule has 0 bridgehead atoms. The minimum Gasteiger partial charge on any atom is -0.345 e. The Morgan fingerprint density at radius 2 is 1.61 bits per heavy atom. The summed E-state index contributed by atoms with van der Waals surface area (Å²) in [5.41, 5.74) is 4.43. The van der Waals surface area contributed by atoms with Gasteiger partial charge in [0.25, 0.3) is 5.91 Å². The third-order valence-corrected chi connectivity index (χ3v) is 9.75. The van der Waals surface area contributed by atoms with E-state index in [2.05, 4.69) is 16.0 Å². The van der Waals surface area contributed by atoms with Crippen LogP contribution >= 0.6 is 11.3 Å². The minimum atomic E-state index is -3.72. The first-order chi connectivity index (χ1) is 17.5. The zero-order chi connectivity index (χ0) is 25.1. The number of sulfonamides is 1. The summed E-state index contributed by atoms with van der Waals surface area (Å²) in [5.74, 6) is -0.610. The Hall–Kier alpha value is -2.83. The SMILES string of the molecule is O=C(NO)c1cnc(N2CCN(S(=O)(=O)c3ccccc3-c3ccccc3CN3CCCC3)CC2)s1. The number of carbonyl (C=O) groups is 1. The van der Waals surface area contributed by atoms with Crippen LogP contribution in [0.1, 0.15) is 28.1 Å². The maximum absolute atomic E-state index is 13.8. The summed E-state index contributed by atoms with van der Waals surface area (Å²) in [6, 6.07) is 15.3. The Labute approximate surface area is 215 Å². The molecule has 0 aliphatic carbocycles. The normalized spacial score (nSPS) is 17.4. The molecule has 2 fully saturated rings. The summed E-state index contributed by atoms with van der Waals surface area (Å²) in [5, 5.41) is 9.45. The first kappa shape index (κ1) is 24.8. The fraction of sp³-hybridized carbons (Fsp3) is 0.360. The maximum atomic E-state index is 13.8. The molecule has 0 saturated carbocycles. The van der Waals surface area contributed by atoms with Crippen molar-refractivity contribution in [3.05, 3.63) is 65.2 Å². The highest BCUT2D eigenvalue weighted by atomic mass is 32.2. The molecule has 2 aliphatic heterocycles. The van der Waals surface area contributed by atoms with Gasteiger partial charge >= 0.3 is 0 Å². The predicted octanol–water partition coefficient (Wildman–Crippen LogP) is 3.04. The van der Waals surface area contributed by atoms with Gasteiger partial charge in [0.2, 0.25) is 10.0 Å². The third kappa shape index (κ3) is 5.02. The zero-order valence-electron chi connectivity index (χ0n) is 19.8. The number of piperazine rings is 1. The number of likely N-dealkylation sites (tertiary alicyclic amines) is 1. The molecule has 0 unspecified atom stereocenters. The molecule has 1 aromatic heterocycles. The van der Waals surface area contributed by atoms with E-state index in [1.807, 2.05) is 35.2 Å². The molecule has 2 N–H and O–H groups in total. The van der Waals surface area contributed by atoms with Gasteiger partial charge in [-0.1, -0.05) is 53.8 Å². The van der Waals surface area contributed by atoms with Gasteiger partial charge < -0.3 is 4.90 Å². The summed E-state index contributed by atoms with van der Waals surface area (Å²) in [7, 11) is -3.72. The Morgan fingerprint density at radius 1 is 0.944 bits per heavy atom. The molecule has 0 atom stereocenters. The molecule has 2 aromatic carbocycles. The van der Waals surface area contributed by atoms with E-state index in [1.54, 1.807) is 17.6 Å². The number of nitrogens with zero attached hydrogens (tertiary/aromatic N) is 4. The van der Waals surface area contributed by atoms with Gasteiger partial charge in [0, 0.05) is 38.3 Å². The van der Waals surface area contributed by atoms with Crippen molar-refractivity contribution in [3.8, 4) is 11.1 Å². The van der Waals surface area contributed by atoms with Crippen molar-refractivity contribution < 1.29 is 18.4 Å². The molecule has 1 amide bonds. The molecule has 11 heteroatoms. The van der Waals surface area contributed by atoms with E-state index >= 15 is 0 Å². The van der Waals surface area contributed by atoms with Gasteiger partial charge in [0.05, 0.1) is 11.1 Å². The number of thiazole rings is 1. The number of carbonyl (C=O) groups excluding carboxylic acids is 1. The van der Waals surface area contributed by atoms with E-state index in [1.165, 1.54) is 23.3 Å². The molecular weight excluding hydrogens is 498 g/mol. The Kier molecular flexibility index (Phi) is 7.35. The van der Waals surface area contributed by atoms with Gasteiger partial charge in [-0.2, -0.15) is 4.31 Å². The number of anilines is 1. The lowest BCUT2D eigenvalue weighted by Crippen LogP contribution is -2.48. The molecule has 3 heterocycles. The molecule has 2 aliphatic rings. The molecular formula is C25H29N5O4S2. The number of benzene rings is 2. The Morgan fingerprint density at radius 3 is 2.33 bits per heavy atom. The number of rotatable bonds is 7. The van der Waals surface area contributed by atoms with Crippen LogP contribution in [0.5, 0.6) is 0 Å². The van der Waals surface area contributed by atoms with Crippen LogP contribution in [0, 0.1) is 0 Å². The number of amides is 1. The number of hydroxylamine groups is 1. The van der Waals surface area contributed by atoms with Crippen LogP contribution in [-0.2, 0) is 16.6 Å². The van der Waals surface area contributed by atoms with Crippen LogP contribution in [0.3, 0.4) is 0 Å². The van der Waals surface area contributed by atoms with E-state index < -0.39 is 15.9 Å². The highest BCUT2D eigenvalue weighted by Crippen LogP contribution is 2.33. The van der Waals surface area contributed by atoms with Gasteiger partial charge in [0.15, 0.2) is 5.13 Å². The van der Waals surface area contributed by atoms with Gasteiger partial charge in [-0.15, -0.1) is 0 Å². The van der Waals surface area contributed by atoms with Crippen LogP contribution in [0.4, 0.5) is 5.13 Å². The van der Waals surface area contributed by atoms with Crippen molar-refractivity contribution in [2.24, 2.45) is 0 Å². The van der Waals surface area contributed by atoms with E-state index in [0.29, 0.717) is 41.1 Å². The highest BCUT2D eigenvalue weighted by Gasteiger charge is 2.32. The van der Waals surface area contributed by atoms with Crippen molar-refractivity contribution in [1.82, 2.24) is 19.7 Å². The number of nitrogens with one attached hydrogen (secondary N) is 1. The van der Waals surface area contributed by atoms with Crippen LogP contribution in [0.2, 0.25) is 0 Å². The molecule has 2 saturated heterocycles. The number of hydrogen-bond donors (Lipinski definition) is 2. The van der Waals surface area contributed by atoms with Crippen LogP contribution in [-0.4, -0.2) is 73.0 Å². The summed E-state index contributed by atoms with van der Waals surface area (Å²) >= 11 is 1.16. The first-order valence-corrected chi connectivity index (χ1v) is 14.3. The van der Waals surface area contributed by atoms with Crippen LogP contribution < -0.4 is 10.4 Å². The predicted molar refractivity (Wildman–Crippen MR) is 139 cm³/mol. The summed E-state index contributed by atoms with van der Waals surface area (Å²) in [6.45, 7) is 4.50. The summed E-state index contributed by atoms with van der Waals surface area (Å²) < 4.78 is 29.2. The second kappa shape index (κ2) is 10.7. The quantitative estimate of drug-likeness (QED) is 0.359. The van der Waals surface area contributed by atoms with Crippen LogP contribution in [0.25, 0.3) is 11.1 Å². The number of hydrogen-bond acceptors (Lipinski definition) is 8. The average molecular weight is 528 g/mol. The second-order valence-corrected chi connectivity index (χ2v) is 11.9. The fourth-order valence-electron chi connectivity index (χ4n) is 4.85. The molecule has 0 spiro atoms. The van der Waals surface area contributed by atoms with E-state index in [4.69, 9.17) is 5.21 Å². The van der Waals surface area contributed by atoms with Gasteiger partial charge in [-0.25, -0.2) is 18.9 Å². The molecule has 5 rings (SSSR count). The Balaban J connectivity index is 1.36. The van der Waals surface area contributed by atoms with Gasteiger partial charge in [-0.05, 0) is 43.1 Å².